The first-order valence-corrected chi connectivity index (χ1v) is 7.85. The first-order valence-electron chi connectivity index (χ1n) is 7.06. The van der Waals surface area contributed by atoms with Crippen LogP contribution < -0.4 is 5.43 Å². The van der Waals surface area contributed by atoms with Crippen molar-refractivity contribution in [3.8, 4) is 0 Å². The summed E-state index contributed by atoms with van der Waals surface area (Å²) < 4.78 is 0.911. The van der Waals surface area contributed by atoms with Gasteiger partial charge in [0.2, 0.25) is 0 Å². The van der Waals surface area contributed by atoms with E-state index in [-0.39, 0.29) is 5.91 Å². The number of nitrogens with zero attached hydrogens (tertiary/aromatic N) is 1. The molecule has 0 aliphatic rings. The lowest BCUT2D eigenvalue weighted by Gasteiger charge is -2.07. The van der Waals surface area contributed by atoms with Crippen LogP contribution in [0.5, 0.6) is 0 Å². The van der Waals surface area contributed by atoms with Crippen molar-refractivity contribution in [2.75, 3.05) is 0 Å². The molecule has 2 aromatic rings. The van der Waals surface area contributed by atoms with Crippen LogP contribution in [-0.4, -0.2) is 12.1 Å². The van der Waals surface area contributed by atoms with Gasteiger partial charge in [0.15, 0.2) is 0 Å². The van der Waals surface area contributed by atoms with Crippen molar-refractivity contribution >= 4 is 28.1 Å². The van der Waals surface area contributed by atoms with Crippen molar-refractivity contribution in [1.82, 2.24) is 5.43 Å². The molecule has 114 valence electrons. The van der Waals surface area contributed by atoms with Crippen LogP contribution in [0.15, 0.2) is 39.9 Å². The molecule has 3 nitrogen and oxygen atoms in total. The van der Waals surface area contributed by atoms with Gasteiger partial charge in [-0.05, 0) is 56.5 Å². The Kier molecular flexibility index (Phi) is 5.14. The van der Waals surface area contributed by atoms with Crippen molar-refractivity contribution in [3.05, 3.63) is 68.2 Å². The Balaban J connectivity index is 2.12. The molecule has 0 radical (unpaired) electrons. The first kappa shape index (κ1) is 16.4. The second-order valence-corrected chi connectivity index (χ2v) is 6.33. The van der Waals surface area contributed by atoms with E-state index in [0.717, 1.165) is 26.7 Å². The summed E-state index contributed by atoms with van der Waals surface area (Å²) in [6, 6.07) is 9.69. The third kappa shape index (κ3) is 3.83. The third-order valence-electron chi connectivity index (χ3n) is 3.53. The molecule has 2 aromatic carbocycles. The summed E-state index contributed by atoms with van der Waals surface area (Å²) in [6.07, 6.45) is 1.70. The number of nitrogens with one attached hydrogen (secondary N) is 1. The average Bonchev–Trinajstić information content (AvgIpc) is 2.44. The van der Waals surface area contributed by atoms with Crippen molar-refractivity contribution in [2.45, 2.75) is 27.7 Å². The number of hydrogen-bond acceptors (Lipinski definition) is 2. The predicted octanol–water partition coefficient (Wildman–Crippen LogP) is 4.45. The second kappa shape index (κ2) is 6.88. The van der Waals surface area contributed by atoms with Crippen LogP contribution in [0.2, 0.25) is 0 Å². The van der Waals surface area contributed by atoms with Gasteiger partial charge in [-0.25, -0.2) is 5.43 Å². The highest BCUT2D eigenvalue weighted by atomic mass is 79.9. The maximum atomic E-state index is 12.1. The fourth-order valence-corrected chi connectivity index (χ4v) is 2.73. The minimum absolute atomic E-state index is 0.223. The van der Waals surface area contributed by atoms with E-state index in [1.165, 1.54) is 5.56 Å². The van der Waals surface area contributed by atoms with Gasteiger partial charge >= 0.3 is 0 Å². The Labute approximate surface area is 139 Å². The van der Waals surface area contributed by atoms with Gasteiger partial charge in [0, 0.05) is 15.6 Å². The van der Waals surface area contributed by atoms with Gasteiger partial charge < -0.3 is 0 Å². The maximum absolute atomic E-state index is 12.1. The van der Waals surface area contributed by atoms with Crippen LogP contribution in [0.1, 0.15) is 38.2 Å². The summed E-state index contributed by atoms with van der Waals surface area (Å²) in [5.41, 5.74) is 8.79. The molecule has 0 unspecified atom stereocenters. The largest absolute Gasteiger partial charge is 0.271 e. The van der Waals surface area contributed by atoms with Crippen molar-refractivity contribution in [1.29, 1.82) is 0 Å². The Morgan fingerprint density at radius 2 is 1.68 bits per heavy atom. The number of aryl methyl sites for hydroxylation is 4. The van der Waals surface area contributed by atoms with Crippen molar-refractivity contribution < 1.29 is 4.79 Å². The molecule has 4 heteroatoms. The molecule has 22 heavy (non-hydrogen) atoms. The molecule has 0 spiro atoms. The normalized spacial score (nSPS) is 11.0. The lowest BCUT2D eigenvalue weighted by atomic mass is 10.0. The Hall–Kier alpha value is -1.94. The summed E-state index contributed by atoms with van der Waals surface area (Å²) >= 11 is 3.43. The fourth-order valence-electron chi connectivity index (χ4n) is 2.35. The monoisotopic (exact) mass is 358 g/mol. The lowest BCUT2D eigenvalue weighted by molar-refractivity contribution is 0.0955. The van der Waals surface area contributed by atoms with Crippen LogP contribution in [0, 0.1) is 27.7 Å². The van der Waals surface area contributed by atoms with E-state index in [1.807, 2.05) is 26.8 Å². The van der Waals surface area contributed by atoms with Crippen LogP contribution in [0.3, 0.4) is 0 Å². The molecule has 0 bridgehead atoms. The molecule has 0 fully saturated rings. The maximum Gasteiger partial charge on any atom is 0.271 e. The topological polar surface area (TPSA) is 41.5 Å². The fraction of sp³-hybridized carbons (Fsp3) is 0.222. The van der Waals surface area contributed by atoms with E-state index < -0.39 is 0 Å². The Morgan fingerprint density at radius 3 is 2.27 bits per heavy atom. The molecular weight excluding hydrogens is 340 g/mol. The SMILES string of the molecule is Cc1cc(C)c(C=NNC(=O)c2ccc(C)c(Br)c2)c(C)c1. The highest BCUT2D eigenvalue weighted by Crippen LogP contribution is 2.17. The van der Waals surface area contributed by atoms with Gasteiger partial charge in [-0.2, -0.15) is 5.10 Å². The highest BCUT2D eigenvalue weighted by molar-refractivity contribution is 9.10. The molecule has 0 saturated carbocycles. The molecule has 1 N–H and O–H groups in total. The number of halogens is 1. The van der Waals surface area contributed by atoms with E-state index in [2.05, 4.69) is 45.5 Å². The Morgan fingerprint density at radius 1 is 1.05 bits per heavy atom. The summed E-state index contributed by atoms with van der Waals surface area (Å²) in [4.78, 5) is 12.1. The van der Waals surface area contributed by atoms with E-state index in [0.29, 0.717) is 5.56 Å². The molecule has 0 aliphatic heterocycles. The van der Waals surface area contributed by atoms with Crippen LogP contribution in [-0.2, 0) is 0 Å². The predicted molar refractivity (Wildman–Crippen MR) is 94.6 cm³/mol. The standard InChI is InChI=1S/C18H19BrN2O/c1-11-7-13(3)16(14(4)8-11)10-20-21-18(22)15-6-5-12(2)17(19)9-15/h5-10H,1-4H3,(H,21,22). The van der Waals surface area contributed by atoms with Crippen molar-refractivity contribution in [2.24, 2.45) is 5.10 Å². The minimum atomic E-state index is -0.223. The molecule has 0 aromatic heterocycles. The van der Waals surface area contributed by atoms with Gasteiger partial charge in [-0.1, -0.05) is 39.7 Å². The Bertz CT molecular complexity index is 728. The summed E-state index contributed by atoms with van der Waals surface area (Å²) in [7, 11) is 0. The van der Waals surface area contributed by atoms with Crippen LogP contribution in [0.4, 0.5) is 0 Å². The summed E-state index contributed by atoms with van der Waals surface area (Å²) in [5.74, 6) is -0.223. The van der Waals surface area contributed by atoms with Gasteiger partial charge in [-0.3, -0.25) is 4.79 Å². The van der Waals surface area contributed by atoms with Gasteiger partial charge in [0.25, 0.3) is 5.91 Å². The quantitative estimate of drug-likeness (QED) is 0.639. The average molecular weight is 359 g/mol. The number of hydrazone groups is 1. The van der Waals surface area contributed by atoms with E-state index >= 15 is 0 Å². The summed E-state index contributed by atoms with van der Waals surface area (Å²) in [6.45, 7) is 8.13. The summed E-state index contributed by atoms with van der Waals surface area (Å²) in [5, 5.41) is 4.08. The number of amides is 1. The molecule has 2 rings (SSSR count). The zero-order valence-electron chi connectivity index (χ0n) is 13.2. The lowest BCUT2D eigenvalue weighted by Crippen LogP contribution is -2.17. The van der Waals surface area contributed by atoms with Gasteiger partial charge in [0.1, 0.15) is 0 Å². The highest BCUT2D eigenvalue weighted by Gasteiger charge is 2.06. The van der Waals surface area contributed by atoms with E-state index in [1.54, 1.807) is 18.3 Å². The van der Waals surface area contributed by atoms with Gasteiger partial charge in [-0.15, -0.1) is 0 Å². The third-order valence-corrected chi connectivity index (χ3v) is 4.39. The molecule has 0 heterocycles. The first-order chi connectivity index (χ1) is 10.4. The molecular formula is C18H19BrN2O. The molecule has 0 aliphatic carbocycles. The van der Waals surface area contributed by atoms with Crippen LogP contribution >= 0.6 is 15.9 Å². The number of rotatable bonds is 3. The van der Waals surface area contributed by atoms with E-state index in [4.69, 9.17) is 0 Å². The number of benzene rings is 2. The van der Waals surface area contributed by atoms with Crippen LogP contribution in [0.25, 0.3) is 0 Å². The molecule has 1 amide bonds. The smallest absolute Gasteiger partial charge is 0.267 e. The minimum Gasteiger partial charge on any atom is -0.267 e. The zero-order chi connectivity index (χ0) is 16.3. The van der Waals surface area contributed by atoms with Gasteiger partial charge in [0.05, 0.1) is 6.21 Å². The molecule has 0 atom stereocenters. The number of carbonyl (C=O) groups is 1. The van der Waals surface area contributed by atoms with E-state index in [9.17, 15) is 4.79 Å². The number of carbonyl (C=O) groups excluding carboxylic acids is 1. The number of hydrogen-bond donors (Lipinski definition) is 1. The second-order valence-electron chi connectivity index (χ2n) is 5.48. The zero-order valence-corrected chi connectivity index (χ0v) is 14.8. The van der Waals surface area contributed by atoms with Crippen molar-refractivity contribution in [3.63, 3.8) is 0 Å². The molecule has 0 saturated heterocycles.